The van der Waals surface area contributed by atoms with Gasteiger partial charge in [0.2, 0.25) is 12.7 Å². The van der Waals surface area contributed by atoms with Crippen LogP contribution in [0.2, 0.25) is 0 Å². The van der Waals surface area contributed by atoms with E-state index in [1.807, 2.05) is 18.2 Å². The minimum Gasteiger partial charge on any atom is -0.454 e. The fourth-order valence-corrected chi connectivity index (χ4v) is 3.51. The van der Waals surface area contributed by atoms with Gasteiger partial charge in [0.25, 0.3) is 5.22 Å². The highest BCUT2D eigenvalue weighted by Gasteiger charge is 2.23. The minimum absolute atomic E-state index is 0.303. The first-order valence-corrected chi connectivity index (χ1v) is 8.53. The largest absolute Gasteiger partial charge is 0.454 e. The van der Waals surface area contributed by atoms with Crippen molar-refractivity contribution in [2.24, 2.45) is 0 Å². The summed E-state index contributed by atoms with van der Waals surface area (Å²) in [6.07, 6.45) is 2.24. The van der Waals surface area contributed by atoms with Crippen LogP contribution in [0.15, 0.2) is 27.8 Å². The van der Waals surface area contributed by atoms with Crippen molar-refractivity contribution in [1.29, 1.82) is 0 Å². The molecule has 1 saturated heterocycles. The van der Waals surface area contributed by atoms with E-state index >= 15 is 0 Å². The van der Waals surface area contributed by atoms with Gasteiger partial charge in [-0.2, -0.15) is 0 Å². The number of nitrogens with two attached hydrogens (primary N) is 1. The van der Waals surface area contributed by atoms with Crippen LogP contribution in [-0.4, -0.2) is 30.1 Å². The van der Waals surface area contributed by atoms with Crippen molar-refractivity contribution in [3.63, 3.8) is 0 Å². The summed E-state index contributed by atoms with van der Waals surface area (Å²) in [6, 6.07) is 5.98. The Morgan fingerprint density at radius 2 is 2.00 bits per heavy atom. The number of rotatable bonds is 4. The van der Waals surface area contributed by atoms with E-state index in [2.05, 4.69) is 15.5 Å². The summed E-state index contributed by atoms with van der Waals surface area (Å²) in [4.78, 5) is 0. The van der Waals surface area contributed by atoms with Gasteiger partial charge < -0.3 is 19.2 Å². The van der Waals surface area contributed by atoms with E-state index in [-0.39, 0.29) is 0 Å². The Morgan fingerprint density at radius 1 is 1.14 bits per heavy atom. The Hall–Kier alpha value is -1.73. The van der Waals surface area contributed by atoms with Crippen molar-refractivity contribution in [3.05, 3.63) is 29.7 Å². The predicted octanol–water partition coefficient (Wildman–Crippen LogP) is 1.53. The summed E-state index contributed by atoms with van der Waals surface area (Å²) < 4.78 is 16.5. The normalized spacial score (nSPS) is 17.8. The summed E-state index contributed by atoms with van der Waals surface area (Å²) in [5.41, 5.74) is 1.15. The van der Waals surface area contributed by atoms with E-state index in [0.717, 1.165) is 54.6 Å². The van der Waals surface area contributed by atoms with Gasteiger partial charge in [-0.15, -0.1) is 10.2 Å². The summed E-state index contributed by atoms with van der Waals surface area (Å²) >= 11 is 1.56. The third kappa shape index (κ3) is 2.91. The molecule has 116 valence electrons. The van der Waals surface area contributed by atoms with E-state index in [9.17, 15) is 0 Å². The summed E-state index contributed by atoms with van der Waals surface area (Å²) in [7, 11) is 0. The van der Waals surface area contributed by atoms with Crippen molar-refractivity contribution >= 4 is 11.8 Å². The van der Waals surface area contributed by atoms with E-state index in [4.69, 9.17) is 13.9 Å². The number of ether oxygens (including phenoxy) is 2. The highest BCUT2D eigenvalue weighted by molar-refractivity contribution is 7.98. The van der Waals surface area contributed by atoms with Crippen molar-refractivity contribution in [2.75, 3.05) is 19.9 Å². The minimum atomic E-state index is 0.303. The molecule has 0 atom stereocenters. The molecule has 2 aliphatic heterocycles. The fraction of sp³-hybridized carbons (Fsp3) is 0.467. The van der Waals surface area contributed by atoms with Gasteiger partial charge in [0.05, 0.1) is 13.1 Å². The molecule has 0 saturated carbocycles. The molecule has 2 aliphatic rings. The van der Waals surface area contributed by atoms with E-state index in [1.54, 1.807) is 11.8 Å². The van der Waals surface area contributed by atoms with Crippen LogP contribution in [0.25, 0.3) is 0 Å². The monoisotopic (exact) mass is 320 g/mol. The van der Waals surface area contributed by atoms with Gasteiger partial charge in [-0.05, 0) is 17.7 Å². The molecule has 0 aliphatic carbocycles. The molecule has 0 bridgehead atoms. The van der Waals surface area contributed by atoms with Crippen LogP contribution in [0.1, 0.15) is 30.2 Å². The molecule has 22 heavy (non-hydrogen) atoms. The Balaban J connectivity index is 1.38. The second kappa shape index (κ2) is 6.18. The first-order chi connectivity index (χ1) is 10.9. The quantitative estimate of drug-likeness (QED) is 0.861. The van der Waals surface area contributed by atoms with Gasteiger partial charge in [-0.25, -0.2) is 0 Å². The first-order valence-electron chi connectivity index (χ1n) is 7.55. The topological polar surface area (TPSA) is 74.0 Å². The van der Waals surface area contributed by atoms with Crippen LogP contribution >= 0.6 is 11.8 Å². The van der Waals surface area contributed by atoms with Crippen LogP contribution in [0, 0.1) is 0 Å². The second-order valence-electron chi connectivity index (χ2n) is 5.52. The Labute approximate surface area is 132 Å². The van der Waals surface area contributed by atoms with Crippen LogP contribution in [0.3, 0.4) is 0 Å². The third-order valence-corrected chi connectivity index (χ3v) is 4.90. The molecule has 7 heteroatoms. The zero-order valence-electron chi connectivity index (χ0n) is 12.2. The molecular formula is C15H18N3O3S+. The van der Waals surface area contributed by atoms with Gasteiger partial charge in [-0.3, -0.25) is 0 Å². The predicted molar refractivity (Wildman–Crippen MR) is 80.1 cm³/mol. The summed E-state index contributed by atoms with van der Waals surface area (Å²) in [6.45, 7) is 2.59. The average molecular weight is 320 g/mol. The molecule has 4 rings (SSSR count). The molecule has 0 spiro atoms. The molecule has 0 radical (unpaired) electrons. The number of piperidine rings is 1. The smallest absolute Gasteiger partial charge is 0.276 e. The number of fused-ring (bicyclic) bond motifs is 1. The average Bonchev–Trinajstić information content (AvgIpc) is 3.22. The Bertz CT molecular complexity index is 655. The lowest BCUT2D eigenvalue weighted by Crippen LogP contribution is -2.86. The zero-order valence-corrected chi connectivity index (χ0v) is 13.0. The van der Waals surface area contributed by atoms with E-state index < -0.39 is 0 Å². The summed E-state index contributed by atoms with van der Waals surface area (Å²) in [5.74, 6) is 3.61. The molecule has 3 heterocycles. The third-order valence-electron chi connectivity index (χ3n) is 4.01. The molecule has 2 N–H and O–H groups in total. The van der Waals surface area contributed by atoms with Gasteiger partial charge in [0.15, 0.2) is 11.5 Å². The maximum atomic E-state index is 5.81. The Morgan fingerprint density at radius 3 is 2.91 bits per heavy atom. The highest BCUT2D eigenvalue weighted by atomic mass is 32.2. The molecule has 0 unspecified atom stereocenters. The van der Waals surface area contributed by atoms with Crippen molar-refractivity contribution in [2.45, 2.75) is 29.7 Å². The number of hydrogen-bond donors (Lipinski definition) is 1. The van der Waals surface area contributed by atoms with Crippen LogP contribution in [0.4, 0.5) is 0 Å². The Kier molecular flexibility index (Phi) is 3.90. The van der Waals surface area contributed by atoms with Crippen molar-refractivity contribution in [3.8, 4) is 11.5 Å². The molecule has 1 aromatic heterocycles. The SMILES string of the molecule is c1cc2c(cc1CSc1nnc(C3CC[NH2+]CC3)o1)OCO2. The number of aromatic nitrogens is 2. The van der Waals surface area contributed by atoms with E-state index in [1.165, 1.54) is 0 Å². The second-order valence-corrected chi connectivity index (χ2v) is 6.45. The van der Waals surface area contributed by atoms with Crippen molar-refractivity contribution < 1.29 is 19.2 Å². The van der Waals surface area contributed by atoms with Crippen LogP contribution in [0.5, 0.6) is 11.5 Å². The van der Waals surface area contributed by atoms with Gasteiger partial charge in [-0.1, -0.05) is 17.8 Å². The molecule has 2 aromatic rings. The number of quaternary nitrogens is 1. The first kappa shape index (κ1) is 13.9. The standard InChI is InChI=1S/C15H17N3O3S/c1-2-12-13(20-9-19-12)7-10(1)8-22-15-18-17-14(21-15)11-3-5-16-6-4-11/h1-2,7,11,16H,3-6,8-9H2/p+1. The lowest BCUT2D eigenvalue weighted by atomic mass is 9.98. The number of nitrogens with zero attached hydrogens (tertiary/aromatic N) is 2. The molecule has 6 nitrogen and oxygen atoms in total. The van der Waals surface area contributed by atoms with Crippen molar-refractivity contribution in [1.82, 2.24) is 10.2 Å². The molecule has 1 fully saturated rings. The lowest BCUT2D eigenvalue weighted by molar-refractivity contribution is -0.663. The van der Waals surface area contributed by atoms with Gasteiger partial charge >= 0.3 is 0 Å². The highest BCUT2D eigenvalue weighted by Crippen LogP contribution is 2.34. The molecule has 1 aromatic carbocycles. The summed E-state index contributed by atoms with van der Waals surface area (Å²) in [5, 5.41) is 11.3. The number of thioether (sulfide) groups is 1. The lowest BCUT2D eigenvalue weighted by Gasteiger charge is -2.16. The van der Waals surface area contributed by atoms with E-state index in [0.29, 0.717) is 17.9 Å². The van der Waals surface area contributed by atoms with Crippen LogP contribution in [-0.2, 0) is 5.75 Å². The zero-order chi connectivity index (χ0) is 14.8. The fourth-order valence-electron chi connectivity index (χ4n) is 2.79. The van der Waals surface area contributed by atoms with Gasteiger partial charge in [0.1, 0.15) is 0 Å². The number of benzene rings is 1. The maximum absolute atomic E-state index is 5.81. The van der Waals surface area contributed by atoms with Crippen LogP contribution < -0.4 is 14.8 Å². The molecule has 0 amide bonds. The van der Waals surface area contributed by atoms with Gasteiger partial charge in [0, 0.05) is 24.5 Å². The molecular weight excluding hydrogens is 302 g/mol. The number of hydrogen-bond acceptors (Lipinski definition) is 6. The maximum Gasteiger partial charge on any atom is 0.276 e.